The van der Waals surface area contributed by atoms with E-state index in [9.17, 15) is 14.4 Å². The fourth-order valence-electron chi connectivity index (χ4n) is 2.71. The van der Waals surface area contributed by atoms with Gasteiger partial charge in [-0.1, -0.05) is 13.8 Å². The van der Waals surface area contributed by atoms with Gasteiger partial charge in [-0.05, 0) is 20.8 Å². The molecule has 1 aromatic heterocycles. The highest BCUT2D eigenvalue weighted by Crippen LogP contribution is 2.37. The number of carbonyl (C=O) groups is 3. The lowest BCUT2D eigenvalue weighted by atomic mass is 9.75. The molecule has 0 spiro atoms. The van der Waals surface area contributed by atoms with Crippen LogP contribution in [0.3, 0.4) is 0 Å². The first-order chi connectivity index (χ1) is 11.5. The third-order valence-corrected chi connectivity index (χ3v) is 3.67. The summed E-state index contributed by atoms with van der Waals surface area (Å²) < 4.78 is 9.94. The number of pyridine rings is 1. The van der Waals surface area contributed by atoms with Crippen molar-refractivity contribution in [1.29, 1.82) is 0 Å². The molecule has 8 heteroatoms. The van der Waals surface area contributed by atoms with Gasteiger partial charge in [0.15, 0.2) is 7.85 Å². The number of esters is 1. The number of hydrogen-bond donors (Lipinski definition) is 1. The second-order valence-electron chi connectivity index (χ2n) is 6.53. The van der Waals surface area contributed by atoms with Crippen LogP contribution < -0.4 is 10.1 Å². The monoisotopic (exact) mass is 346 g/mol. The lowest BCUT2D eigenvalue weighted by Gasteiger charge is -2.28. The molecule has 2 radical (unpaired) electrons. The standard InChI is InChI=1S/C17H23BN2O5/c1-9-7-12(25-15(22)11(3)20-16(23)24-6)14(10(2)19-9)17(4,5)8-13(18)21/h7,11H,8H2,1-6H3,(H,20,23). The third kappa shape index (κ3) is 5.58. The van der Waals surface area contributed by atoms with E-state index in [0.717, 1.165) is 0 Å². The summed E-state index contributed by atoms with van der Waals surface area (Å²) in [7, 11) is 6.54. The molecule has 25 heavy (non-hydrogen) atoms. The molecule has 1 heterocycles. The van der Waals surface area contributed by atoms with Gasteiger partial charge in [-0.3, -0.25) is 4.98 Å². The number of methoxy groups -OCH3 is 1. The SMILES string of the molecule is [B]C(=O)CC(C)(C)c1c(OC(=O)C(C)NC(=O)OC)cc(C)nc1C. The van der Waals surface area contributed by atoms with Gasteiger partial charge in [0, 0.05) is 34.9 Å². The number of carbonyl (C=O) groups excluding carboxylic acids is 3. The first-order valence-electron chi connectivity index (χ1n) is 7.81. The van der Waals surface area contributed by atoms with Gasteiger partial charge in [-0.15, -0.1) is 0 Å². The Hall–Kier alpha value is -2.38. The molecule has 0 saturated carbocycles. The highest BCUT2D eigenvalue weighted by molar-refractivity contribution is 6.57. The van der Waals surface area contributed by atoms with E-state index in [4.69, 9.17) is 12.6 Å². The molecule has 134 valence electrons. The molecule has 1 amide bonds. The summed E-state index contributed by atoms with van der Waals surface area (Å²) in [4.78, 5) is 39.3. The number of aryl methyl sites for hydroxylation is 2. The molecule has 0 fully saturated rings. The van der Waals surface area contributed by atoms with E-state index in [1.54, 1.807) is 19.9 Å². The minimum absolute atomic E-state index is 0.0685. The van der Waals surface area contributed by atoms with Crippen molar-refractivity contribution in [2.24, 2.45) is 0 Å². The smallest absolute Gasteiger partial charge is 0.407 e. The van der Waals surface area contributed by atoms with E-state index in [1.807, 2.05) is 13.8 Å². The molecule has 0 aliphatic carbocycles. The van der Waals surface area contributed by atoms with Crippen LogP contribution in [-0.4, -0.2) is 43.7 Å². The van der Waals surface area contributed by atoms with Crippen LogP contribution in [0, 0.1) is 13.8 Å². The number of nitrogens with one attached hydrogen (secondary N) is 1. The summed E-state index contributed by atoms with van der Waals surface area (Å²) in [5.74, 6) is -0.369. The van der Waals surface area contributed by atoms with Crippen molar-refractivity contribution in [3.8, 4) is 5.75 Å². The van der Waals surface area contributed by atoms with E-state index < -0.39 is 29.2 Å². The maximum absolute atomic E-state index is 12.3. The molecule has 1 N–H and O–H groups in total. The average Bonchev–Trinajstić information content (AvgIpc) is 2.44. The van der Waals surface area contributed by atoms with Crippen molar-refractivity contribution in [2.45, 2.75) is 52.5 Å². The number of nitrogens with zero attached hydrogens (tertiary/aromatic N) is 1. The van der Waals surface area contributed by atoms with Crippen molar-refractivity contribution < 1.29 is 23.9 Å². The van der Waals surface area contributed by atoms with Crippen LogP contribution >= 0.6 is 0 Å². The van der Waals surface area contributed by atoms with Gasteiger partial charge >= 0.3 is 12.1 Å². The van der Waals surface area contributed by atoms with Crippen molar-refractivity contribution in [1.82, 2.24) is 10.3 Å². The van der Waals surface area contributed by atoms with Crippen molar-refractivity contribution in [3.05, 3.63) is 23.0 Å². The Kier molecular flexibility index (Phi) is 6.73. The van der Waals surface area contributed by atoms with E-state index in [-0.39, 0.29) is 6.42 Å². The Morgan fingerprint density at radius 2 is 1.92 bits per heavy atom. The number of amides is 1. The number of rotatable bonds is 6. The number of alkyl carbamates (subject to hydrolysis) is 1. The van der Waals surface area contributed by atoms with Gasteiger partial charge in [0.2, 0.25) is 0 Å². The summed E-state index contributed by atoms with van der Waals surface area (Å²) in [5.41, 5.74) is 0.777. The Morgan fingerprint density at radius 3 is 2.44 bits per heavy atom. The number of hydrogen-bond acceptors (Lipinski definition) is 6. The van der Waals surface area contributed by atoms with E-state index >= 15 is 0 Å². The van der Waals surface area contributed by atoms with Gasteiger partial charge in [0.05, 0.1) is 12.8 Å². The second-order valence-corrected chi connectivity index (χ2v) is 6.53. The van der Waals surface area contributed by atoms with E-state index in [0.29, 0.717) is 22.7 Å². The van der Waals surface area contributed by atoms with Crippen molar-refractivity contribution in [2.75, 3.05) is 7.11 Å². The molecule has 1 aromatic rings. The lowest BCUT2D eigenvalue weighted by molar-refractivity contribution is -0.136. The van der Waals surface area contributed by atoms with Gasteiger partial charge in [-0.2, -0.15) is 0 Å². The van der Waals surface area contributed by atoms with Crippen LogP contribution in [0.2, 0.25) is 0 Å². The van der Waals surface area contributed by atoms with Crippen LogP contribution in [0.15, 0.2) is 6.07 Å². The summed E-state index contributed by atoms with van der Waals surface area (Å²) in [5, 5.41) is 2.34. The summed E-state index contributed by atoms with van der Waals surface area (Å²) in [6.07, 6.45) is -0.667. The normalized spacial score (nSPS) is 12.2. The molecule has 0 saturated heterocycles. The first-order valence-corrected chi connectivity index (χ1v) is 7.81. The maximum Gasteiger partial charge on any atom is 0.407 e. The Labute approximate surface area is 148 Å². The van der Waals surface area contributed by atoms with E-state index in [1.165, 1.54) is 14.0 Å². The second kappa shape index (κ2) is 8.14. The Balaban J connectivity index is 3.20. The van der Waals surface area contributed by atoms with Gasteiger partial charge < -0.3 is 19.6 Å². The van der Waals surface area contributed by atoms with Crippen molar-refractivity contribution >= 4 is 25.6 Å². The molecule has 7 nitrogen and oxygen atoms in total. The molecule has 0 aliphatic heterocycles. The van der Waals surface area contributed by atoms with Gasteiger partial charge in [0.25, 0.3) is 0 Å². The zero-order valence-electron chi connectivity index (χ0n) is 15.4. The van der Waals surface area contributed by atoms with Gasteiger partial charge in [-0.25, -0.2) is 9.59 Å². The zero-order valence-corrected chi connectivity index (χ0v) is 15.4. The topological polar surface area (TPSA) is 94.6 Å². The summed E-state index contributed by atoms with van der Waals surface area (Å²) in [6, 6.07) is 0.710. The average molecular weight is 346 g/mol. The molecular weight excluding hydrogens is 323 g/mol. The predicted molar refractivity (Wildman–Crippen MR) is 92.8 cm³/mol. The minimum atomic E-state index is -0.909. The molecule has 1 atom stereocenters. The summed E-state index contributed by atoms with van der Waals surface area (Å²) >= 11 is 0. The quantitative estimate of drug-likeness (QED) is 0.622. The van der Waals surface area contributed by atoms with E-state index in [2.05, 4.69) is 15.0 Å². The minimum Gasteiger partial charge on any atom is -0.453 e. The maximum atomic E-state index is 12.3. The van der Waals surface area contributed by atoms with Crippen LogP contribution in [-0.2, 0) is 19.7 Å². The highest BCUT2D eigenvalue weighted by Gasteiger charge is 2.30. The molecular formula is C17H23BN2O5. The first kappa shape index (κ1) is 20.7. The molecule has 0 aliphatic rings. The van der Waals surface area contributed by atoms with Crippen molar-refractivity contribution in [3.63, 3.8) is 0 Å². The highest BCUT2D eigenvalue weighted by atomic mass is 16.5. The van der Waals surface area contributed by atoms with Crippen LogP contribution in [0.1, 0.15) is 44.1 Å². The largest absolute Gasteiger partial charge is 0.453 e. The number of ether oxygens (including phenoxy) is 2. The molecule has 1 unspecified atom stereocenters. The molecule has 1 rings (SSSR count). The fourth-order valence-corrected chi connectivity index (χ4v) is 2.71. The Bertz CT molecular complexity index is 688. The predicted octanol–water partition coefficient (Wildman–Crippen LogP) is 1.71. The van der Waals surface area contributed by atoms with Crippen LogP contribution in [0.5, 0.6) is 5.75 Å². The lowest BCUT2D eigenvalue weighted by Crippen LogP contribution is -2.41. The molecule has 0 bridgehead atoms. The Morgan fingerprint density at radius 1 is 1.32 bits per heavy atom. The summed E-state index contributed by atoms with van der Waals surface area (Å²) in [6.45, 7) is 8.67. The fraction of sp³-hybridized carbons (Fsp3) is 0.529. The van der Waals surface area contributed by atoms with Gasteiger partial charge in [0.1, 0.15) is 11.8 Å². The number of aromatic nitrogens is 1. The zero-order chi connectivity index (χ0) is 19.4. The molecule has 0 aromatic carbocycles. The third-order valence-electron chi connectivity index (χ3n) is 3.67. The van der Waals surface area contributed by atoms with Crippen LogP contribution in [0.25, 0.3) is 0 Å². The van der Waals surface area contributed by atoms with Crippen LogP contribution in [0.4, 0.5) is 4.79 Å².